The molecule has 0 heterocycles. The molecule has 11 heavy (non-hydrogen) atoms. The summed E-state index contributed by atoms with van der Waals surface area (Å²) in [6.07, 6.45) is 2.85. The predicted octanol–water partition coefficient (Wildman–Crippen LogP) is 2.19. The van der Waals surface area contributed by atoms with Gasteiger partial charge in [0.2, 0.25) is 5.91 Å². The van der Waals surface area contributed by atoms with Crippen molar-refractivity contribution >= 4 is 5.91 Å². The van der Waals surface area contributed by atoms with Crippen LogP contribution in [0.15, 0.2) is 0 Å². The fourth-order valence-corrected chi connectivity index (χ4v) is 0.956. The topological polar surface area (TPSA) is 29.1 Å². The smallest absolute Gasteiger partial charge is 0.219 e. The van der Waals surface area contributed by atoms with Crippen molar-refractivity contribution in [1.29, 1.82) is 0 Å². The van der Waals surface area contributed by atoms with E-state index in [9.17, 15) is 4.79 Å². The Kier molecular flexibility index (Phi) is 5.90. The highest BCUT2D eigenvalue weighted by Crippen LogP contribution is 2.05. The SMILES string of the molecule is CCNC(=O)CCCC(C)C.[HH]. The quantitative estimate of drug-likeness (QED) is 0.654. The second kappa shape index (κ2) is 6.20. The molecule has 0 aliphatic rings. The van der Waals surface area contributed by atoms with E-state index in [1.54, 1.807) is 0 Å². The van der Waals surface area contributed by atoms with Crippen LogP contribution in [-0.2, 0) is 4.79 Å². The molecule has 0 atom stereocenters. The van der Waals surface area contributed by atoms with Gasteiger partial charge in [-0.3, -0.25) is 4.79 Å². The van der Waals surface area contributed by atoms with Crippen LogP contribution in [0.5, 0.6) is 0 Å². The standard InChI is InChI=1S/C9H19NO.H2/c1-4-10-9(11)7-5-6-8(2)3;/h8H,4-7H2,1-3H3,(H,10,11);1H. The largest absolute Gasteiger partial charge is 0.356 e. The number of hydrogen-bond acceptors (Lipinski definition) is 1. The molecular weight excluding hydrogens is 138 g/mol. The van der Waals surface area contributed by atoms with Crippen molar-refractivity contribution in [2.24, 2.45) is 5.92 Å². The zero-order chi connectivity index (χ0) is 8.69. The highest BCUT2D eigenvalue weighted by molar-refractivity contribution is 5.75. The van der Waals surface area contributed by atoms with Gasteiger partial charge in [-0.1, -0.05) is 20.3 Å². The van der Waals surface area contributed by atoms with Gasteiger partial charge in [0.1, 0.15) is 0 Å². The van der Waals surface area contributed by atoms with E-state index in [0.29, 0.717) is 12.3 Å². The van der Waals surface area contributed by atoms with Gasteiger partial charge in [-0.25, -0.2) is 0 Å². The van der Waals surface area contributed by atoms with Crippen molar-refractivity contribution < 1.29 is 6.22 Å². The molecule has 0 fully saturated rings. The Bertz CT molecular complexity index is 115. The maximum absolute atomic E-state index is 10.9. The molecule has 0 rings (SSSR count). The summed E-state index contributed by atoms with van der Waals surface area (Å²) in [6, 6.07) is 0. The van der Waals surface area contributed by atoms with Gasteiger partial charge in [-0.05, 0) is 19.3 Å². The summed E-state index contributed by atoms with van der Waals surface area (Å²) in [5.74, 6) is 0.901. The normalized spacial score (nSPS) is 10.2. The van der Waals surface area contributed by atoms with E-state index in [1.165, 1.54) is 0 Å². The van der Waals surface area contributed by atoms with Gasteiger partial charge in [0.05, 0.1) is 0 Å². The summed E-state index contributed by atoms with van der Waals surface area (Å²) in [4.78, 5) is 10.9. The number of hydrogen-bond donors (Lipinski definition) is 1. The fraction of sp³-hybridized carbons (Fsp3) is 0.889. The van der Waals surface area contributed by atoms with Gasteiger partial charge in [-0.15, -0.1) is 0 Å². The maximum Gasteiger partial charge on any atom is 0.219 e. The molecule has 1 N–H and O–H groups in total. The number of nitrogens with one attached hydrogen (secondary N) is 1. The molecular formula is C9H21NO. The molecule has 1 amide bonds. The van der Waals surface area contributed by atoms with Crippen molar-refractivity contribution in [1.82, 2.24) is 5.32 Å². The highest BCUT2D eigenvalue weighted by atomic mass is 16.1. The monoisotopic (exact) mass is 159 g/mol. The van der Waals surface area contributed by atoms with Crippen molar-refractivity contribution in [2.45, 2.75) is 40.0 Å². The lowest BCUT2D eigenvalue weighted by atomic mass is 10.1. The van der Waals surface area contributed by atoms with Crippen molar-refractivity contribution in [3.05, 3.63) is 0 Å². The first kappa shape index (κ1) is 10.5. The average Bonchev–Trinajstić information content (AvgIpc) is 1.87. The van der Waals surface area contributed by atoms with E-state index < -0.39 is 0 Å². The molecule has 2 heteroatoms. The Morgan fingerprint density at radius 1 is 1.55 bits per heavy atom. The first-order chi connectivity index (χ1) is 5.16. The molecule has 0 saturated heterocycles. The van der Waals surface area contributed by atoms with E-state index in [2.05, 4.69) is 19.2 Å². The predicted molar refractivity (Wildman–Crippen MR) is 49.5 cm³/mol. The minimum absolute atomic E-state index is 0. The molecule has 0 saturated carbocycles. The van der Waals surface area contributed by atoms with Crippen LogP contribution in [0.25, 0.3) is 0 Å². The Morgan fingerprint density at radius 3 is 2.64 bits per heavy atom. The van der Waals surface area contributed by atoms with E-state index in [1.807, 2.05) is 6.92 Å². The van der Waals surface area contributed by atoms with Crippen LogP contribution in [0.3, 0.4) is 0 Å². The number of carbonyl (C=O) groups excluding carboxylic acids is 1. The fourth-order valence-electron chi connectivity index (χ4n) is 0.956. The minimum atomic E-state index is 0. The Balaban J connectivity index is 0. The molecule has 0 bridgehead atoms. The lowest BCUT2D eigenvalue weighted by Crippen LogP contribution is -2.22. The van der Waals surface area contributed by atoms with Gasteiger partial charge in [0, 0.05) is 14.4 Å². The van der Waals surface area contributed by atoms with Crippen LogP contribution in [-0.4, -0.2) is 12.5 Å². The van der Waals surface area contributed by atoms with Crippen LogP contribution in [0.2, 0.25) is 0 Å². The Morgan fingerprint density at radius 2 is 2.18 bits per heavy atom. The summed E-state index contributed by atoms with van der Waals surface area (Å²) in [6.45, 7) is 7.05. The molecule has 0 aliphatic heterocycles. The van der Waals surface area contributed by atoms with E-state index in [-0.39, 0.29) is 7.33 Å². The zero-order valence-electron chi connectivity index (χ0n) is 7.81. The average molecular weight is 159 g/mol. The lowest BCUT2D eigenvalue weighted by Gasteiger charge is -2.03. The Hall–Kier alpha value is -0.530. The molecule has 0 aromatic heterocycles. The van der Waals surface area contributed by atoms with Gasteiger partial charge in [0.25, 0.3) is 0 Å². The molecule has 68 valence electrons. The molecule has 0 unspecified atom stereocenters. The van der Waals surface area contributed by atoms with Gasteiger partial charge < -0.3 is 5.32 Å². The summed E-state index contributed by atoms with van der Waals surface area (Å²) in [7, 11) is 0. The lowest BCUT2D eigenvalue weighted by molar-refractivity contribution is -0.121. The molecule has 0 aromatic carbocycles. The van der Waals surface area contributed by atoms with Crippen molar-refractivity contribution in [3.63, 3.8) is 0 Å². The first-order valence-corrected chi connectivity index (χ1v) is 4.43. The third-order valence-corrected chi connectivity index (χ3v) is 1.56. The first-order valence-electron chi connectivity index (χ1n) is 4.43. The van der Waals surface area contributed by atoms with Gasteiger partial charge in [0.15, 0.2) is 0 Å². The summed E-state index contributed by atoms with van der Waals surface area (Å²) in [5, 5.41) is 2.78. The number of carbonyl (C=O) groups is 1. The summed E-state index contributed by atoms with van der Waals surface area (Å²) < 4.78 is 0. The summed E-state index contributed by atoms with van der Waals surface area (Å²) >= 11 is 0. The molecule has 0 spiro atoms. The van der Waals surface area contributed by atoms with Crippen LogP contribution in [0, 0.1) is 5.92 Å². The third-order valence-electron chi connectivity index (χ3n) is 1.56. The molecule has 0 aromatic rings. The molecule has 0 aliphatic carbocycles. The van der Waals surface area contributed by atoms with Crippen LogP contribution in [0.4, 0.5) is 0 Å². The van der Waals surface area contributed by atoms with Crippen LogP contribution >= 0.6 is 0 Å². The van der Waals surface area contributed by atoms with Crippen LogP contribution in [0.1, 0.15) is 41.5 Å². The van der Waals surface area contributed by atoms with Crippen LogP contribution < -0.4 is 5.32 Å². The minimum Gasteiger partial charge on any atom is -0.356 e. The summed E-state index contributed by atoms with van der Waals surface area (Å²) in [5.41, 5.74) is 0. The molecule has 0 radical (unpaired) electrons. The van der Waals surface area contributed by atoms with E-state index in [4.69, 9.17) is 0 Å². The highest BCUT2D eigenvalue weighted by Gasteiger charge is 1.99. The Labute approximate surface area is 70.9 Å². The third kappa shape index (κ3) is 7.37. The number of rotatable bonds is 5. The van der Waals surface area contributed by atoms with Gasteiger partial charge in [-0.2, -0.15) is 0 Å². The number of amides is 1. The van der Waals surface area contributed by atoms with E-state index >= 15 is 0 Å². The van der Waals surface area contributed by atoms with Gasteiger partial charge >= 0.3 is 0 Å². The zero-order valence-corrected chi connectivity index (χ0v) is 7.81. The van der Waals surface area contributed by atoms with Crippen molar-refractivity contribution in [2.75, 3.05) is 6.54 Å². The second-order valence-corrected chi connectivity index (χ2v) is 3.24. The van der Waals surface area contributed by atoms with Crippen molar-refractivity contribution in [3.8, 4) is 0 Å². The maximum atomic E-state index is 10.9. The van der Waals surface area contributed by atoms with E-state index in [0.717, 1.165) is 19.4 Å². The second-order valence-electron chi connectivity index (χ2n) is 3.24. The molecule has 2 nitrogen and oxygen atoms in total.